The molecule has 3 N–H and O–H groups in total. The molecule has 1 aliphatic heterocycles. The van der Waals surface area contributed by atoms with Gasteiger partial charge in [0, 0.05) is 23.7 Å². The lowest BCUT2D eigenvalue weighted by molar-refractivity contribution is -0.136. The highest BCUT2D eigenvalue weighted by molar-refractivity contribution is 6.34. The first kappa shape index (κ1) is 21.5. The van der Waals surface area contributed by atoms with E-state index in [1.165, 1.54) is 0 Å². The van der Waals surface area contributed by atoms with Crippen molar-refractivity contribution in [3.05, 3.63) is 33.8 Å². The lowest BCUT2D eigenvalue weighted by Crippen LogP contribution is -2.50. The molecular weight excluding hydrogens is 375 g/mol. The zero-order chi connectivity index (χ0) is 16.9. The fourth-order valence-electron chi connectivity index (χ4n) is 2.88. The Morgan fingerprint density at radius 2 is 1.92 bits per heavy atom. The third kappa shape index (κ3) is 5.48. The Bertz CT molecular complexity index is 526. The van der Waals surface area contributed by atoms with Gasteiger partial charge in [-0.3, -0.25) is 4.79 Å². The van der Waals surface area contributed by atoms with Crippen LogP contribution in [0.3, 0.4) is 0 Å². The highest BCUT2D eigenvalue weighted by Crippen LogP contribution is 2.30. The third-order valence-electron chi connectivity index (χ3n) is 4.19. The van der Waals surface area contributed by atoms with E-state index < -0.39 is 11.5 Å². The molecule has 1 fully saturated rings. The Kier molecular flexibility index (Phi) is 8.77. The fraction of sp³-hybridized carbons (Fsp3) is 0.562. The average Bonchev–Trinajstić information content (AvgIpc) is 2.52. The topological polar surface area (TPSA) is 70.6 Å². The number of rotatable bonds is 6. The van der Waals surface area contributed by atoms with Crippen LogP contribution in [0.15, 0.2) is 18.2 Å². The van der Waals surface area contributed by atoms with E-state index in [0.29, 0.717) is 35.1 Å². The van der Waals surface area contributed by atoms with Gasteiger partial charge in [-0.1, -0.05) is 23.2 Å². The SMILES string of the molecule is COCC1(C(=O)NCC(O)c2cc(Cl)cc(Cl)c2)CCNCC1.Cl. The van der Waals surface area contributed by atoms with Gasteiger partial charge in [-0.25, -0.2) is 0 Å². The van der Waals surface area contributed by atoms with Crippen molar-refractivity contribution >= 4 is 41.5 Å². The normalized spacial score (nSPS) is 17.7. The first-order valence-electron chi connectivity index (χ1n) is 7.59. The second-order valence-electron chi connectivity index (χ2n) is 5.89. The Morgan fingerprint density at radius 1 is 1.33 bits per heavy atom. The minimum Gasteiger partial charge on any atom is -0.387 e. The molecule has 0 bridgehead atoms. The Labute approximate surface area is 158 Å². The van der Waals surface area contributed by atoms with Crippen molar-refractivity contribution in [1.29, 1.82) is 0 Å². The van der Waals surface area contributed by atoms with Gasteiger partial charge in [-0.15, -0.1) is 12.4 Å². The van der Waals surface area contributed by atoms with Crippen molar-refractivity contribution < 1.29 is 14.6 Å². The van der Waals surface area contributed by atoms with E-state index in [4.69, 9.17) is 27.9 Å². The van der Waals surface area contributed by atoms with E-state index in [1.807, 2.05) is 0 Å². The molecule has 1 aliphatic rings. The summed E-state index contributed by atoms with van der Waals surface area (Å²) in [4.78, 5) is 12.6. The standard InChI is InChI=1S/C16H22Cl2N2O3.ClH/c1-23-10-16(2-4-19-5-3-16)15(22)20-9-14(21)11-6-12(17)8-13(18)7-11;/h6-8,14,19,21H,2-5,9-10H2,1H3,(H,20,22);1H. The summed E-state index contributed by atoms with van der Waals surface area (Å²) in [7, 11) is 1.60. The second-order valence-corrected chi connectivity index (χ2v) is 6.76. The fourth-order valence-corrected chi connectivity index (χ4v) is 3.42. The molecule has 0 aromatic heterocycles. The lowest BCUT2D eigenvalue weighted by atomic mass is 9.78. The molecule has 1 heterocycles. The molecule has 0 saturated carbocycles. The van der Waals surface area contributed by atoms with Crippen LogP contribution >= 0.6 is 35.6 Å². The number of halogens is 3. The van der Waals surface area contributed by atoms with E-state index >= 15 is 0 Å². The van der Waals surface area contributed by atoms with Gasteiger partial charge in [0.05, 0.1) is 18.1 Å². The summed E-state index contributed by atoms with van der Waals surface area (Å²) >= 11 is 11.9. The maximum atomic E-state index is 12.6. The quantitative estimate of drug-likeness (QED) is 0.690. The van der Waals surface area contributed by atoms with Crippen LogP contribution in [0.4, 0.5) is 0 Å². The largest absolute Gasteiger partial charge is 0.387 e. The number of hydrogen-bond donors (Lipinski definition) is 3. The molecular formula is C16H23Cl3N2O3. The van der Waals surface area contributed by atoms with Gasteiger partial charge in [-0.2, -0.15) is 0 Å². The van der Waals surface area contributed by atoms with E-state index in [-0.39, 0.29) is 24.9 Å². The minimum atomic E-state index is -0.864. The van der Waals surface area contributed by atoms with E-state index in [1.54, 1.807) is 25.3 Å². The molecule has 1 atom stereocenters. The number of aliphatic hydroxyl groups excluding tert-OH is 1. The van der Waals surface area contributed by atoms with Gasteiger partial charge in [-0.05, 0) is 49.7 Å². The molecule has 24 heavy (non-hydrogen) atoms. The first-order valence-corrected chi connectivity index (χ1v) is 8.34. The van der Waals surface area contributed by atoms with Crippen molar-refractivity contribution in [2.75, 3.05) is 33.4 Å². The van der Waals surface area contributed by atoms with Crippen molar-refractivity contribution in [2.24, 2.45) is 5.41 Å². The van der Waals surface area contributed by atoms with E-state index in [2.05, 4.69) is 10.6 Å². The van der Waals surface area contributed by atoms with Crippen LogP contribution in [0.25, 0.3) is 0 Å². The molecule has 1 aromatic rings. The number of carbonyl (C=O) groups is 1. The molecule has 0 spiro atoms. The van der Waals surface area contributed by atoms with Gasteiger partial charge < -0.3 is 20.5 Å². The summed E-state index contributed by atoms with van der Waals surface area (Å²) in [5.41, 5.74) is 0.0417. The molecule has 1 saturated heterocycles. The van der Waals surface area contributed by atoms with Gasteiger partial charge in [0.25, 0.3) is 0 Å². The van der Waals surface area contributed by atoms with Crippen LogP contribution < -0.4 is 10.6 Å². The molecule has 1 aromatic carbocycles. The highest BCUT2D eigenvalue weighted by atomic mass is 35.5. The summed E-state index contributed by atoms with van der Waals surface area (Å²) in [6, 6.07) is 4.87. The van der Waals surface area contributed by atoms with Crippen molar-refractivity contribution in [1.82, 2.24) is 10.6 Å². The summed E-state index contributed by atoms with van der Waals surface area (Å²) in [5, 5.41) is 17.2. The number of nitrogens with one attached hydrogen (secondary N) is 2. The molecule has 5 nitrogen and oxygen atoms in total. The monoisotopic (exact) mass is 396 g/mol. The van der Waals surface area contributed by atoms with Crippen LogP contribution in [0, 0.1) is 5.41 Å². The van der Waals surface area contributed by atoms with Gasteiger partial charge in [0.2, 0.25) is 5.91 Å². The molecule has 0 aliphatic carbocycles. The van der Waals surface area contributed by atoms with Crippen molar-refractivity contribution in [3.63, 3.8) is 0 Å². The highest BCUT2D eigenvalue weighted by Gasteiger charge is 2.39. The number of ether oxygens (including phenoxy) is 1. The van der Waals surface area contributed by atoms with Crippen LogP contribution in [-0.2, 0) is 9.53 Å². The molecule has 0 radical (unpaired) electrons. The number of amides is 1. The Balaban J connectivity index is 0.00000288. The van der Waals surface area contributed by atoms with Crippen molar-refractivity contribution in [3.8, 4) is 0 Å². The second kappa shape index (κ2) is 9.80. The number of hydrogen-bond acceptors (Lipinski definition) is 4. The number of piperidine rings is 1. The number of aliphatic hydroxyl groups is 1. The maximum Gasteiger partial charge on any atom is 0.228 e. The number of carbonyl (C=O) groups excluding carboxylic acids is 1. The maximum absolute atomic E-state index is 12.6. The lowest BCUT2D eigenvalue weighted by Gasteiger charge is -2.35. The van der Waals surface area contributed by atoms with Crippen molar-refractivity contribution in [2.45, 2.75) is 18.9 Å². The average molecular weight is 398 g/mol. The van der Waals surface area contributed by atoms with E-state index in [0.717, 1.165) is 13.1 Å². The summed E-state index contributed by atoms with van der Waals surface area (Å²) in [5.74, 6) is -0.0898. The minimum absolute atomic E-state index is 0. The first-order chi connectivity index (χ1) is 11.0. The predicted molar refractivity (Wildman–Crippen MR) is 98.1 cm³/mol. The predicted octanol–water partition coefficient (Wildman–Crippen LogP) is 2.58. The summed E-state index contributed by atoms with van der Waals surface area (Å²) in [6.45, 7) is 2.04. The molecule has 136 valence electrons. The zero-order valence-corrected chi connectivity index (χ0v) is 15.8. The number of methoxy groups -OCH3 is 1. The van der Waals surface area contributed by atoms with Crippen LogP contribution in [0.2, 0.25) is 10.0 Å². The van der Waals surface area contributed by atoms with Crippen LogP contribution in [0.1, 0.15) is 24.5 Å². The van der Waals surface area contributed by atoms with Gasteiger partial charge in [0.15, 0.2) is 0 Å². The smallest absolute Gasteiger partial charge is 0.228 e. The van der Waals surface area contributed by atoms with Crippen LogP contribution in [0.5, 0.6) is 0 Å². The van der Waals surface area contributed by atoms with Crippen LogP contribution in [-0.4, -0.2) is 44.4 Å². The molecule has 1 unspecified atom stereocenters. The van der Waals surface area contributed by atoms with Gasteiger partial charge >= 0.3 is 0 Å². The Hall–Kier alpha value is -0.560. The molecule has 2 rings (SSSR count). The number of benzene rings is 1. The summed E-state index contributed by atoms with van der Waals surface area (Å²) < 4.78 is 5.24. The molecule has 8 heteroatoms. The van der Waals surface area contributed by atoms with Gasteiger partial charge in [0.1, 0.15) is 0 Å². The zero-order valence-electron chi connectivity index (χ0n) is 13.5. The summed E-state index contributed by atoms with van der Waals surface area (Å²) in [6.07, 6.45) is 0.564. The molecule has 1 amide bonds. The van der Waals surface area contributed by atoms with E-state index in [9.17, 15) is 9.90 Å². The Morgan fingerprint density at radius 3 is 2.46 bits per heavy atom. The third-order valence-corrected chi connectivity index (χ3v) is 4.63.